The summed E-state index contributed by atoms with van der Waals surface area (Å²) in [5.74, 6) is 1.96. The summed E-state index contributed by atoms with van der Waals surface area (Å²) < 4.78 is 24.4. The summed E-state index contributed by atoms with van der Waals surface area (Å²) in [5, 5.41) is 17.8. The number of tetrazole rings is 1. The van der Waals surface area contributed by atoms with Crippen LogP contribution in [0.25, 0.3) is 11.4 Å². The zero-order chi connectivity index (χ0) is 19.1. The molecule has 148 valence electrons. The topological polar surface area (TPSA) is 122 Å². The summed E-state index contributed by atoms with van der Waals surface area (Å²) in [6.45, 7) is 3.40. The van der Waals surface area contributed by atoms with E-state index in [1.54, 1.807) is 4.68 Å². The maximum absolute atomic E-state index is 11.8. The third-order valence-corrected chi connectivity index (χ3v) is 5.12. The molecule has 4 unspecified atom stereocenters. The first-order chi connectivity index (χ1) is 13.7. The van der Waals surface area contributed by atoms with Crippen molar-refractivity contribution in [3.05, 3.63) is 18.2 Å². The molecule has 1 aromatic heterocycles. The largest absolute Gasteiger partial charge is 0.454 e. The fraction of sp³-hybridized carbons (Fsp3) is 0.529. The number of nitrogens with one attached hydrogen (secondary N) is 2. The number of carbonyl (C=O) groups excluding carboxylic acids is 1. The van der Waals surface area contributed by atoms with E-state index in [2.05, 4.69) is 26.2 Å². The lowest BCUT2D eigenvalue weighted by atomic mass is 10.1. The lowest BCUT2D eigenvalue weighted by molar-refractivity contribution is 0.0624. The molecule has 1 aromatic carbocycles. The molecule has 28 heavy (non-hydrogen) atoms. The van der Waals surface area contributed by atoms with E-state index in [9.17, 15) is 4.79 Å². The van der Waals surface area contributed by atoms with Gasteiger partial charge in [-0.2, -0.15) is 0 Å². The Morgan fingerprint density at radius 1 is 1.21 bits per heavy atom. The minimum Gasteiger partial charge on any atom is -0.454 e. The van der Waals surface area contributed by atoms with Gasteiger partial charge >= 0.3 is 6.03 Å². The molecule has 3 aliphatic heterocycles. The standard InChI is InChI=1S/C17H20N6O5/c1-2-18-17(24)19-10-6-25-15-11(7-26-14(10)15)23-16(20-21-22-23)9-3-4-12-13(5-9)28-8-27-12/h3-5,10-11,14-15H,2,6-8H2,1H3,(H2,18,19,24). The number of amides is 2. The van der Waals surface area contributed by atoms with Crippen molar-refractivity contribution in [2.75, 3.05) is 26.6 Å². The molecule has 2 aromatic rings. The molecule has 4 atom stereocenters. The van der Waals surface area contributed by atoms with Gasteiger partial charge in [-0.15, -0.1) is 5.10 Å². The summed E-state index contributed by atoms with van der Waals surface area (Å²) in [6, 6.07) is 4.94. The normalized spacial score (nSPS) is 27.6. The van der Waals surface area contributed by atoms with Crippen LogP contribution in [0.3, 0.4) is 0 Å². The molecular formula is C17H20N6O5. The van der Waals surface area contributed by atoms with Crippen LogP contribution in [0.5, 0.6) is 11.5 Å². The number of benzene rings is 1. The van der Waals surface area contributed by atoms with E-state index >= 15 is 0 Å². The van der Waals surface area contributed by atoms with Gasteiger partial charge in [0.15, 0.2) is 17.3 Å². The van der Waals surface area contributed by atoms with Gasteiger partial charge in [-0.1, -0.05) is 0 Å². The molecule has 2 N–H and O–H groups in total. The fourth-order valence-corrected chi connectivity index (χ4v) is 3.84. The average Bonchev–Trinajstić information content (AvgIpc) is 3.46. The highest BCUT2D eigenvalue weighted by Gasteiger charge is 2.50. The van der Waals surface area contributed by atoms with E-state index in [1.165, 1.54) is 0 Å². The number of nitrogens with zero attached hydrogens (tertiary/aromatic N) is 4. The van der Waals surface area contributed by atoms with Crippen LogP contribution in [0.15, 0.2) is 18.2 Å². The predicted molar refractivity (Wildman–Crippen MR) is 93.9 cm³/mol. The molecule has 3 aliphatic rings. The number of hydrogen-bond donors (Lipinski definition) is 2. The summed E-state index contributed by atoms with van der Waals surface area (Å²) >= 11 is 0. The van der Waals surface area contributed by atoms with Crippen molar-refractivity contribution in [2.45, 2.75) is 31.2 Å². The van der Waals surface area contributed by atoms with E-state index in [4.69, 9.17) is 18.9 Å². The van der Waals surface area contributed by atoms with Gasteiger partial charge in [0.2, 0.25) is 6.79 Å². The molecule has 2 amide bonds. The SMILES string of the molecule is CCNC(=O)NC1COC2C1OCC2n1nnnc1-c1ccc2c(c1)OCO2. The summed E-state index contributed by atoms with van der Waals surface area (Å²) in [6.07, 6.45) is -0.496. The molecule has 0 radical (unpaired) electrons. The molecule has 2 saturated heterocycles. The second-order valence-electron chi connectivity index (χ2n) is 6.79. The molecule has 4 heterocycles. The molecule has 0 aliphatic carbocycles. The van der Waals surface area contributed by atoms with E-state index in [0.717, 1.165) is 5.56 Å². The Hall–Kier alpha value is -2.92. The highest BCUT2D eigenvalue weighted by atomic mass is 16.7. The number of rotatable bonds is 4. The van der Waals surface area contributed by atoms with E-state index in [-0.39, 0.29) is 37.1 Å². The van der Waals surface area contributed by atoms with Gasteiger partial charge in [0.1, 0.15) is 18.2 Å². The number of fused-ring (bicyclic) bond motifs is 2. The van der Waals surface area contributed by atoms with Crippen molar-refractivity contribution in [3.63, 3.8) is 0 Å². The Kier molecular flexibility index (Phi) is 4.24. The number of aromatic nitrogens is 4. The zero-order valence-electron chi connectivity index (χ0n) is 15.2. The summed E-state index contributed by atoms with van der Waals surface area (Å²) in [7, 11) is 0. The van der Waals surface area contributed by atoms with Crippen LogP contribution in [0.1, 0.15) is 13.0 Å². The number of urea groups is 1. The van der Waals surface area contributed by atoms with Gasteiger partial charge in [-0.25, -0.2) is 9.48 Å². The van der Waals surface area contributed by atoms with Crippen molar-refractivity contribution >= 4 is 6.03 Å². The lowest BCUT2D eigenvalue weighted by Crippen LogP contribution is -2.48. The minimum atomic E-state index is -0.249. The molecule has 11 heteroatoms. The molecule has 0 spiro atoms. The summed E-state index contributed by atoms with van der Waals surface area (Å²) in [5.41, 5.74) is 0.813. The van der Waals surface area contributed by atoms with Crippen LogP contribution in [-0.4, -0.2) is 71.0 Å². The van der Waals surface area contributed by atoms with Gasteiger partial charge in [0.05, 0.1) is 19.3 Å². The monoisotopic (exact) mass is 388 g/mol. The fourth-order valence-electron chi connectivity index (χ4n) is 3.84. The maximum atomic E-state index is 11.8. The molecule has 0 saturated carbocycles. The van der Waals surface area contributed by atoms with Crippen molar-refractivity contribution < 1.29 is 23.7 Å². The second-order valence-corrected chi connectivity index (χ2v) is 6.79. The van der Waals surface area contributed by atoms with Gasteiger partial charge in [-0.05, 0) is 35.5 Å². The average molecular weight is 388 g/mol. The van der Waals surface area contributed by atoms with Crippen LogP contribution in [0, 0.1) is 0 Å². The van der Waals surface area contributed by atoms with Crippen molar-refractivity contribution in [2.24, 2.45) is 0 Å². The van der Waals surface area contributed by atoms with Crippen molar-refractivity contribution in [1.29, 1.82) is 0 Å². The highest BCUT2D eigenvalue weighted by molar-refractivity contribution is 5.74. The molecule has 5 rings (SSSR count). The number of carbonyl (C=O) groups is 1. The quantitative estimate of drug-likeness (QED) is 0.756. The molecule has 2 fully saturated rings. The van der Waals surface area contributed by atoms with Crippen LogP contribution >= 0.6 is 0 Å². The predicted octanol–water partition coefficient (Wildman–Crippen LogP) is 0.0952. The van der Waals surface area contributed by atoms with E-state index < -0.39 is 0 Å². The first-order valence-corrected chi connectivity index (χ1v) is 9.20. The number of ether oxygens (including phenoxy) is 4. The third kappa shape index (κ3) is 2.83. The Morgan fingerprint density at radius 2 is 2.07 bits per heavy atom. The van der Waals surface area contributed by atoms with Crippen LogP contribution in [0.4, 0.5) is 4.79 Å². The Labute approximate surface area is 160 Å². The second kappa shape index (κ2) is 6.91. The minimum absolute atomic E-state index is 0.193. The van der Waals surface area contributed by atoms with Gasteiger partial charge < -0.3 is 29.6 Å². The molecule has 11 nitrogen and oxygen atoms in total. The highest BCUT2D eigenvalue weighted by Crippen LogP contribution is 2.38. The van der Waals surface area contributed by atoms with Gasteiger partial charge in [-0.3, -0.25) is 0 Å². The van der Waals surface area contributed by atoms with Gasteiger partial charge in [0.25, 0.3) is 0 Å². The summed E-state index contributed by atoms with van der Waals surface area (Å²) in [4.78, 5) is 11.8. The number of hydrogen-bond acceptors (Lipinski definition) is 8. The van der Waals surface area contributed by atoms with Crippen LogP contribution < -0.4 is 20.1 Å². The maximum Gasteiger partial charge on any atom is 0.315 e. The third-order valence-electron chi connectivity index (χ3n) is 5.12. The van der Waals surface area contributed by atoms with Crippen LogP contribution in [0.2, 0.25) is 0 Å². The van der Waals surface area contributed by atoms with Crippen LogP contribution in [-0.2, 0) is 9.47 Å². The lowest BCUT2D eigenvalue weighted by Gasteiger charge is -2.18. The Bertz CT molecular complexity index is 889. The van der Waals surface area contributed by atoms with Crippen molar-refractivity contribution in [3.8, 4) is 22.9 Å². The molecule has 0 bridgehead atoms. The van der Waals surface area contributed by atoms with E-state index in [1.807, 2.05) is 25.1 Å². The first-order valence-electron chi connectivity index (χ1n) is 9.20. The molecular weight excluding hydrogens is 368 g/mol. The van der Waals surface area contributed by atoms with Crippen molar-refractivity contribution in [1.82, 2.24) is 30.8 Å². The Balaban J connectivity index is 1.36. The Morgan fingerprint density at radius 3 is 2.96 bits per heavy atom. The van der Waals surface area contributed by atoms with E-state index in [0.29, 0.717) is 37.1 Å². The smallest absolute Gasteiger partial charge is 0.315 e. The van der Waals surface area contributed by atoms with Gasteiger partial charge in [0, 0.05) is 12.1 Å². The first kappa shape index (κ1) is 17.2. The zero-order valence-corrected chi connectivity index (χ0v) is 15.2.